The van der Waals surface area contributed by atoms with Crippen LogP contribution in [0.25, 0.3) is 0 Å². The Labute approximate surface area is 184 Å². The van der Waals surface area contributed by atoms with Crippen LogP contribution in [-0.4, -0.2) is 42.5 Å². The molecule has 31 heavy (non-hydrogen) atoms. The minimum absolute atomic E-state index is 0.0337. The third-order valence-electron chi connectivity index (χ3n) is 5.44. The van der Waals surface area contributed by atoms with Gasteiger partial charge in [0.15, 0.2) is 11.5 Å². The van der Waals surface area contributed by atoms with E-state index in [-0.39, 0.29) is 11.8 Å². The zero-order valence-electron chi connectivity index (χ0n) is 18.6. The smallest absolute Gasteiger partial charge is 0.242 e. The largest absolute Gasteiger partial charge is 0.486 e. The number of rotatable bonds is 9. The summed E-state index contributed by atoms with van der Waals surface area (Å²) < 4.78 is 11.2. The lowest BCUT2D eigenvalue weighted by Crippen LogP contribution is -2.49. The number of fused-ring (bicyclic) bond motifs is 1. The van der Waals surface area contributed by atoms with Gasteiger partial charge in [0, 0.05) is 19.5 Å². The summed E-state index contributed by atoms with van der Waals surface area (Å²) in [6.07, 6.45) is 1.46. The van der Waals surface area contributed by atoms with E-state index in [1.165, 1.54) is 0 Å². The predicted octanol–water partition coefficient (Wildman–Crippen LogP) is 3.64. The summed E-state index contributed by atoms with van der Waals surface area (Å²) >= 11 is 0. The van der Waals surface area contributed by atoms with Crippen LogP contribution in [0.15, 0.2) is 42.5 Å². The molecule has 0 aromatic heterocycles. The van der Waals surface area contributed by atoms with Crippen molar-refractivity contribution in [2.75, 3.05) is 19.8 Å². The molecule has 1 heterocycles. The van der Waals surface area contributed by atoms with Gasteiger partial charge in [-0.15, -0.1) is 0 Å². The van der Waals surface area contributed by atoms with Crippen molar-refractivity contribution in [1.29, 1.82) is 0 Å². The Balaban J connectivity index is 1.74. The number of benzene rings is 2. The summed E-state index contributed by atoms with van der Waals surface area (Å²) in [5.41, 5.74) is 3.19. The van der Waals surface area contributed by atoms with Crippen LogP contribution in [0.4, 0.5) is 0 Å². The average molecular weight is 425 g/mol. The van der Waals surface area contributed by atoms with E-state index in [1.807, 2.05) is 63.2 Å². The summed E-state index contributed by atoms with van der Waals surface area (Å²) in [4.78, 5) is 27.7. The Morgan fingerprint density at radius 1 is 1.00 bits per heavy atom. The molecule has 1 aliphatic rings. The first kappa shape index (κ1) is 22.7. The van der Waals surface area contributed by atoms with E-state index in [0.29, 0.717) is 45.6 Å². The van der Waals surface area contributed by atoms with Crippen LogP contribution >= 0.6 is 0 Å². The van der Waals surface area contributed by atoms with E-state index in [9.17, 15) is 9.59 Å². The first-order chi connectivity index (χ1) is 15.0. The fourth-order valence-electron chi connectivity index (χ4n) is 3.74. The van der Waals surface area contributed by atoms with Crippen LogP contribution in [0.2, 0.25) is 0 Å². The van der Waals surface area contributed by atoms with Gasteiger partial charge in [-0.25, -0.2) is 0 Å². The van der Waals surface area contributed by atoms with Crippen molar-refractivity contribution in [3.05, 3.63) is 59.2 Å². The lowest BCUT2D eigenvalue weighted by molar-refractivity contribution is -0.141. The minimum atomic E-state index is -0.492. The second-order valence-electron chi connectivity index (χ2n) is 7.80. The summed E-state index contributed by atoms with van der Waals surface area (Å²) in [6.45, 7) is 7.90. The molecule has 2 amide bonds. The molecule has 2 aromatic rings. The maximum atomic E-state index is 13.3. The van der Waals surface area contributed by atoms with Crippen LogP contribution < -0.4 is 14.8 Å². The summed E-state index contributed by atoms with van der Waals surface area (Å²) in [5.74, 6) is 1.32. The number of hydrogen-bond acceptors (Lipinski definition) is 4. The van der Waals surface area contributed by atoms with Gasteiger partial charge in [0.1, 0.15) is 19.3 Å². The number of likely N-dealkylation sites (N-methyl/N-ethyl adjacent to an activating group) is 1. The normalized spacial score (nSPS) is 13.4. The monoisotopic (exact) mass is 424 g/mol. The molecule has 2 aromatic carbocycles. The van der Waals surface area contributed by atoms with Crippen LogP contribution in [0, 0.1) is 6.92 Å². The van der Waals surface area contributed by atoms with E-state index in [0.717, 1.165) is 28.2 Å². The molecule has 1 atom stereocenters. The van der Waals surface area contributed by atoms with E-state index in [4.69, 9.17) is 9.47 Å². The van der Waals surface area contributed by atoms with Crippen LogP contribution in [0.1, 0.15) is 43.4 Å². The quantitative estimate of drug-likeness (QED) is 0.667. The Morgan fingerprint density at radius 3 is 2.35 bits per heavy atom. The van der Waals surface area contributed by atoms with Gasteiger partial charge in [-0.1, -0.05) is 42.8 Å². The van der Waals surface area contributed by atoms with E-state index >= 15 is 0 Å². The fourth-order valence-corrected chi connectivity index (χ4v) is 3.74. The first-order valence-corrected chi connectivity index (χ1v) is 11.0. The Morgan fingerprint density at radius 2 is 1.68 bits per heavy atom. The number of carbonyl (C=O) groups is 2. The second-order valence-corrected chi connectivity index (χ2v) is 7.80. The highest BCUT2D eigenvalue weighted by atomic mass is 16.6. The standard InChI is InChI=1S/C25H32N2O4/c1-4-21(25(29)26-5-2)27(17-20-8-6-18(3)7-9-20)24(28)13-11-19-10-12-22-23(16-19)31-15-14-30-22/h6-10,12,16,21H,4-5,11,13-15,17H2,1-3H3,(H,26,29)/t21-/m0/s1. The van der Waals surface area contributed by atoms with Crippen molar-refractivity contribution >= 4 is 11.8 Å². The van der Waals surface area contributed by atoms with Crippen molar-refractivity contribution in [2.45, 2.75) is 52.6 Å². The van der Waals surface area contributed by atoms with Crippen LogP contribution in [0.3, 0.4) is 0 Å². The maximum absolute atomic E-state index is 13.3. The number of ether oxygens (including phenoxy) is 2. The Kier molecular flexibility index (Phi) is 7.93. The Bertz CT molecular complexity index is 895. The average Bonchev–Trinajstić information content (AvgIpc) is 2.78. The van der Waals surface area contributed by atoms with Gasteiger partial charge < -0.3 is 19.7 Å². The van der Waals surface area contributed by atoms with Crippen LogP contribution in [0.5, 0.6) is 11.5 Å². The van der Waals surface area contributed by atoms with Crippen molar-refractivity contribution in [3.63, 3.8) is 0 Å². The second kappa shape index (κ2) is 10.8. The summed E-state index contributed by atoms with van der Waals surface area (Å²) in [7, 11) is 0. The van der Waals surface area contributed by atoms with Gasteiger partial charge in [0.05, 0.1) is 0 Å². The molecule has 1 N–H and O–H groups in total. The van der Waals surface area contributed by atoms with E-state index in [1.54, 1.807) is 4.90 Å². The van der Waals surface area contributed by atoms with Crippen LogP contribution in [-0.2, 0) is 22.6 Å². The first-order valence-electron chi connectivity index (χ1n) is 11.0. The third-order valence-corrected chi connectivity index (χ3v) is 5.44. The molecular formula is C25H32N2O4. The number of hydrogen-bond donors (Lipinski definition) is 1. The highest BCUT2D eigenvalue weighted by molar-refractivity contribution is 5.87. The summed E-state index contributed by atoms with van der Waals surface area (Å²) in [5, 5.41) is 2.87. The molecule has 0 saturated heterocycles. The van der Waals surface area contributed by atoms with Crippen molar-refractivity contribution in [2.24, 2.45) is 0 Å². The van der Waals surface area contributed by atoms with Gasteiger partial charge in [0.2, 0.25) is 11.8 Å². The predicted molar refractivity (Wildman–Crippen MR) is 120 cm³/mol. The number of nitrogens with one attached hydrogen (secondary N) is 1. The number of carbonyl (C=O) groups excluding carboxylic acids is 2. The highest BCUT2D eigenvalue weighted by Crippen LogP contribution is 2.31. The third kappa shape index (κ3) is 6.00. The SMILES string of the molecule is CCNC(=O)[C@H](CC)N(Cc1ccc(C)cc1)C(=O)CCc1ccc2c(c1)OCCO2. The lowest BCUT2D eigenvalue weighted by Gasteiger charge is -2.30. The topological polar surface area (TPSA) is 67.9 Å². The molecule has 0 unspecified atom stereocenters. The van der Waals surface area contributed by atoms with Gasteiger partial charge in [-0.2, -0.15) is 0 Å². The maximum Gasteiger partial charge on any atom is 0.242 e. The van der Waals surface area contributed by atoms with Gasteiger partial charge in [-0.3, -0.25) is 9.59 Å². The van der Waals surface area contributed by atoms with E-state index in [2.05, 4.69) is 5.32 Å². The van der Waals surface area contributed by atoms with E-state index < -0.39 is 6.04 Å². The van der Waals surface area contributed by atoms with Gasteiger partial charge in [-0.05, 0) is 49.9 Å². The molecule has 0 spiro atoms. The molecule has 6 nitrogen and oxygen atoms in total. The zero-order valence-corrected chi connectivity index (χ0v) is 18.6. The minimum Gasteiger partial charge on any atom is -0.486 e. The number of aryl methyl sites for hydroxylation is 2. The molecule has 166 valence electrons. The molecule has 3 rings (SSSR count). The highest BCUT2D eigenvalue weighted by Gasteiger charge is 2.28. The fraction of sp³-hybridized carbons (Fsp3) is 0.440. The molecule has 1 aliphatic heterocycles. The van der Waals surface area contributed by atoms with Crippen molar-refractivity contribution in [1.82, 2.24) is 10.2 Å². The molecular weight excluding hydrogens is 392 g/mol. The number of amides is 2. The zero-order chi connectivity index (χ0) is 22.2. The summed E-state index contributed by atoms with van der Waals surface area (Å²) in [6, 6.07) is 13.4. The molecule has 0 bridgehead atoms. The lowest BCUT2D eigenvalue weighted by atomic mass is 10.0. The van der Waals surface area contributed by atoms with Gasteiger partial charge >= 0.3 is 0 Å². The molecule has 0 aliphatic carbocycles. The molecule has 6 heteroatoms. The molecule has 0 radical (unpaired) electrons. The molecule has 0 saturated carbocycles. The Hall–Kier alpha value is -3.02. The van der Waals surface area contributed by atoms with Crippen molar-refractivity contribution in [3.8, 4) is 11.5 Å². The number of nitrogens with zero attached hydrogens (tertiary/aromatic N) is 1. The van der Waals surface area contributed by atoms with Gasteiger partial charge in [0.25, 0.3) is 0 Å². The van der Waals surface area contributed by atoms with Crippen molar-refractivity contribution < 1.29 is 19.1 Å². The molecule has 0 fully saturated rings.